The van der Waals surface area contributed by atoms with Crippen molar-refractivity contribution in [2.24, 2.45) is 4.99 Å². The molecule has 0 aromatic heterocycles. The van der Waals surface area contributed by atoms with Crippen molar-refractivity contribution >= 4 is 41.1 Å². The van der Waals surface area contributed by atoms with Crippen molar-refractivity contribution in [1.82, 2.24) is 0 Å². The molecule has 1 N–H and O–H groups in total. The quantitative estimate of drug-likeness (QED) is 0.407. The van der Waals surface area contributed by atoms with E-state index < -0.39 is 5.97 Å². The van der Waals surface area contributed by atoms with E-state index in [9.17, 15) is 9.59 Å². The number of amides is 1. The Morgan fingerprint density at radius 2 is 2.03 bits per heavy atom. The molecule has 7 nitrogen and oxygen atoms in total. The van der Waals surface area contributed by atoms with Crippen LogP contribution in [0.3, 0.4) is 0 Å². The molecule has 0 bridgehead atoms. The van der Waals surface area contributed by atoms with Crippen LogP contribution in [-0.4, -0.2) is 31.5 Å². The number of halogens is 1. The fraction of sp³-hybridized carbons (Fsp3) is 0.136. The van der Waals surface area contributed by atoms with E-state index in [-0.39, 0.29) is 24.1 Å². The number of benzene rings is 2. The minimum Gasteiger partial charge on any atom is -0.493 e. The molecular weight excluding hydrogens is 408 g/mol. The van der Waals surface area contributed by atoms with Crippen LogP contribution in [0.15, 0.2) is 59.7 Å². The molecule has 0 saturated carbocycles. The van der Waals surface area contributed by atoms with E-state index in [2.05, 4.69) is 16.9 Å². The van der Waals surface area contributed by atoms with Gasteiger partial charge < -0.3 is 19.5 Å². The number of nitrogens with one attached hydrogen (secondary N) is 1. The zero-order chi connectivity index (χ0) is 21.7. The maximum absolute atomic E-state index is 12.3. The van der Waals surface area contributed by atoms with Gasteiger partial charge in [-0.3, -0.25) is 4.79 Å². The van der Waals surface area contributed by atoms with Crippen LogP contribution in [0, 0.1) is 0 Å². The van der Waals surface area contributed by atoms with Crippen LogP contribution in [0.2, 0.25) is 5.02 Å². The summed E-state index contributed by atoms with van der Waals surface area (Å²) in [7, 11) is 1.49. The van der Waals surface area contributed by atoms with Crippen LogP contribution in [-0.2, 0) is 14.3 Å². The van der Waals surface area contributed by atoms with Crippen molar-refractivity contribution < 1.29 is 23.8 Å². The van der Waals surface area contributed by atoms with Crippen LogP contribution in [0.25, 0.3) is 6.08 Å². The van der Waals surface area contributed by atoms with Gasteiger partial charge in [-0.25, -0.2) is 9.79 Å². The lowest BCUT2D eigenvalue weighted by molar-refractivity contribution is -0.129. The number of carbonyl (C=O) groups excluding carboxylic acids is 2. The monoisotopic (exact) mass is 426 g/mol. The van der Waals surface area contributed by atoms with Gasteiger partial charge in [-0.05, 0) is 48.0 Å². The predicted octanol–water partition coefficient (Wildman–Crippen LogP) is 4.22. The molecule has 30 heavy (non-hydrogen) atoms. The molecule has 1 heterocycles. The summed E-state index contributed by atoms with van der Waals surface area (Å²) < 4.78 is 16.1. The molecule has 1 aliphatic rings. The molecule has 1 aliphatic heterocycles. The minimum atomic E-state index is -0.585. The highest BCUT2D eigenvalue weighted by atomic mass is 35.5. The van der Waals surface area contributed by atoms with E-state index >= 15 is 0 Å². The molecular formula is C22H19ClN2O5. The minimum absolute atomic E-state index is 0.119. The average molecular weight is 427 g/mol. The number of hydrogen-bond donors (Lipinski definition) is 1. The Hall–Kier alpha value is -3.58. The van der Waals surface area contributed by atoms with Gasteiger partial charge in [0.2, 0.25) is 11.8 Å². The Morgan fingerprint density at radius 1 is 1.30 bits per heavy atom. The van der Waals surface area contributed by atoms with Crippen molar-refractivity contribution in [2.45, 2.75) is 6.92 Å². The number of hydrogen-bond acceptors (Lipinski definition) is 6. The Morgan fingerprint density at radius 3 is 2.67 bits per heavy atom. The summed E-state index contributed by atoms with van der Waals surface area (Å²) in [5.41, 5.74) is 1.95. The number of nitrogens with zero attached hydrogens (tertiary/aromatic N) is 1. The highest BCUT2D eigenvalue weighted by Gasteiger charge is 2.24. The first kappa shape index (κ1) is 21.1. The summed E-state index contributed by atoms with van der Waals surface area (Å²) in [5, 5.41) is 2.99. The molecule has 1 amide bonds. The fourth-order valence-electron chi connectivity index (χ4n) is 2.70. The fourth-order valence-corrected chi connectivity index (χ4v) is 2.97. The second-order valence-corrected chi connectivity index (χ2v) is 6.64. The van der Waals surface area contributed by atoms with Gasteiger partial charge in [-0.1, -0.05) is 24.3 Å². The summed E-state index contributed by atoms with van der Waals surface area (Å²) >= 11 is 6.30. The number of carbonyl (C=O) groups is 2. The highest BCUT2D eigenvalue weighted by molar-refractivity contribution is 6.32. The molecule has 0 spiro atoms. The van der Waals surface area contributed by atoms with Crippen LogP contribution in [0.4, 0.5) is 5.69 Å². The first-order valence-electron chi connectivity index (χ1n) is 8.93. The van der Waals surface area contributed by atoms with Gasteiger partial charge in [0.05, 0.1) is 12.1 Å². The van der Waals surface area contributed by atoms with Gasteiger partial charge in [0.1, 0.15) is 6.61 Å². The van der Waals surface area contributed by atoms with E-state index in [1.165, 1.54) is 14.0 Å². The summed E-state index contributed by atoms with van der Waals surface area (Å²) in [5.74, 6) is 0.217. The highest BCUT2D eigenvalue weighted by Crippen LogP contribution is 2.37. The normalized spacial score (nSPS) is 14.2. The SMILES string of the molecule is C=CCOc1c(Cl)cc(/C=C2\N=C(c3ccc(NC(C)=O)cc3)OC2=O)cc1OC. The van der Waals surface area contributed by atoms with Crippen LogP contribution in [0.5, 0.6) is 11.5 Å². The van der Waals surface area contributed by atoms with E-state index in [0.29, 0.717) is 33.3 Å². The van der Waals surface area contributed by atoms with Gasteiger partial charge in [0.15, 0.2) is 17.2 Å². The number of methoxy groups -OCH3 is 1. The van der Waals surface area contributed by atoms with Gasteiger partial charge in [-0.15, -0.1) is 0 Å². The van der Waals surface area contributed by atoms with Crippen LogP contribution in [0.1, 0.15) is 18.1 Å². The smallest absolute Gasteiger partial charge is 0.363 e. The standard InChI is InChI=1S/C22H19ClN2O5/c1-4-9-29-20-17(23)10-14(12-19(20)28-3)11-18-22(27)30-21(25-18)15-5-7-16(8-6-15)24-13(2)26/h4-8,10-12H,1,9H2,2-3H3,(H,24,26)/b18-11-. The van der Waals surface area contributed by atoms with Crippen LogP contribution >= 0.6 is 11.6 Å². The maximum atomic E-state index is 12.3. The average Bonchev–Trinajstić information content (AvgIpc) is 3.07. The molecule has 3 rings (SSSR count). The number of anilines is 1. The van der Waals surface area contributed by atoms with Crippen LogP contribution < -0.4 is 14.8 Å². The molecule has 8 heteroatoms. The largest absolute Gasteiger partial charge is 0.493 e. The number of esters is 1. The third kappa shape index (κ3) is 4.87. The van der Waals surface area contributed by atoms with E-state index in [1.807, 2.05) is 0 Å². The Labute approximate surface area is 178 Å². The van der Waals surface area contributed by atoms with Crippen molar-refractivity contribution in [3.8, 4) is 11.5 Å². The second-order valence-electron chi connectivity index (χ2n) is 6.23. The van der Waals surface area contributed by atoms with Crippen molar-refractivity contribution in [1.29, 1.82) is 0 Å². The molecule has 0 radical (unpaired) electrons. The topological polar surface area (TPSA) is 86.2 Å². The summed E-state index contributed by atoms with van der Waals surface area (Å²) in [6, 6.07) is 10.1. The number of aliphatic imine (C=N–C) groups is 1. The second kappa shape index (κ2) is 9.28. The number of cyclic esters (lactones) is 1. The molecule has 0 fully saturated rings. The molecule has 0 aliphatic carbocycles. The molecule has 0 atom stereocenters. The first-order chi connectivity index (χ1) is 14.4. The van der Waals surface area contributed by atoms with Crippen molar-refractivity contribution in [3.63, 3.8) is 0 Å². The first-order valence-corrected chi connectivity index (χ1v) is 9.31. The summed E-state index contributed by atoms with van der Waals surface area (Å²) in [6.07, 6.45) is 3.14. The van der Waals surface area contributed by atoms with E-state index in [1.54, 1.807) is 48.6 Å². The third-order valence-corrected chi connectivity index (χ3v) is 4.25. The maximum Gasteiger partial charge on any atom is 0.363 e. The number of rotatable bonds is 7. The Kier molecular flexibility index (Phi) is 6.54. The third-order valence-electron chi connectivity index (χ3n) is 3.97. The molecule has 154 valence electrons. The van der Waals surface area contributed by atoms with Crippen molar-refractivity contribution in [2.75, 3.05) is 19.0 Å². The lowest BCUT2D eigenvalue weighted by Gasteiger charge is -2.12. The molecule has 2 aromatic rings. The lowest BCUT2D eigenvalue weighted by Crippen LogP contribution is -2.07. The van der Waals surface area contributed by atoms with Gasteiger partial charge in [0.25, 0.3) is 0 Å². The summed E-state index contributed by atoms with van der Waals surface area (Å²) in [6.45, 7) is 5.30. The Bertz CT molecular complexity index is 1060. The van der Waals surface area contributed by atoms with Gasteiger partial charge in [0, 0.05) is 18.2 Å². The Balaban J connectivity index is 1.87. The lowest BCUT2D eigenvalue weighted by atomic mass is 10.1. The van der Waals surface area contributed by atoms with E-state index in [4.69, 9.17) is 25.8 Å². The molecule has 2 aromatic carbocycles. The zero-order valence-electron chi connectivity index (χ0n) is 16.4. The van der Waals surface area contributed by atoms with E-state index in [0.717, 1.165) is 0 Å². The van der Waals surface area contributed by atoms with Gasteiger partial charge in [-0.2, -0.15) is 0 Å². The van der Waals surface area contributed by atoms with Gasteiger partial charge >= 0.3 is 5.97 Å². The molecule has 0 unspecified atom stereocenters. The summed E-state index contributed by atoms with van der Waals surface area (Å²) in [4.78, 5) is 27.6. The number of ether oxygens (including phenoxy) is 3. The zero-order valence-corrected chi connectivity index (χ0v) is 17.2. The predicted molar refractivity (Wildman–Crippen MR) is 115 cm³/mol. The molecule has 0 saturated heterocycles. The van der Waals surface area contributed by atoms with Crippen molar-refractivity contribution in [3.05, 3.63) is 70.9 Å².